The molecule has 0 atom stereocenters. The van der Waals surface area contributed by atoms with E-state index in [9.17, 15) is 9.59 Å². The number of carbonyl (C=O) groups is 2. The van der Waals surface area contributed by atoms with Crippen molar-refractivity contribution in [2.45, 2.75) is 26.8 Å². The molecule has 0 fully saturated rings. The molecule has 0 heterocycles. The molecule has 0 saturated carbocycles. The fourth-order valence-corrected chi connectivity index (χ4v) is 1.60. The van der Waals surface area contributed by atoms with Crippen molar-refractivity contribution in [3.63, 3.8) is 0 Å². The number of carbonyl (C=O) groups excluding carboxylic acids is 2. The van der Waals surface area contributed by atoms with E-state index in [-0.39, 0.29) is 24.3 Å². The number of anilines is 1. The van der Waals surface area contributed by atoms with E-state index in [4.69, 9.17) is 4.74 Å². The van der Waals surface area contributed by atoms with Crippen molar-refractivity contribution in [1.82, 2.24) is 5.32 Å². The number of hydrogen-bond donors (Lipinski definition) is 2. The van der Waals surface area contributed by atoms with Crippen LogP contribution in [-0.4, -0.2) is 31.4 Å². The van der Waals surface area contributed by atoms with Crippen LogP contribution in [0.2, 0.25) is 0 Å². The van der Waals surface area contributed by atoms with Gasteiger partial charge in [0.05, 0.1) is 19.2 Å². The standard InChI is InChI=1S/C14H20N2O3/c1-9(2)15-8-13(18)12-7-11(16-10(3)17)5-6-14(12)19-4/h5-7,9,15H,8H2,1-4H3,(H,16,17). The second kappa shape index (κ2) is 6.89. The first-order valence-corrected chi connectivity index (χ1v) is 6.16. The smallest absolute Gasteiger partial charge is 0.221 e. The van der Waals surface area contributed by atoms with Gasteiger partial charge in [-0.1, -0.05) is 13.8 Å². The maximum Gasteiger partial charge on any atom is 0.221 e. The van der Waals surface area contributed by atoms with Crippen LogP contribution in [0, 0.1) is 0 Å². The topological polar surface area (TPSA) is 67.4 Å². The molecule has 0 bridgehead atoms. The number of nitrogens with one attached hydrogen (secondary N) is 2. The molecule has 0 aliphatic heterocycles. The van der Waals surface area contributed by atoms with Gasteiger partial charge in [-0.2, -0.15) is 0 Å². The van der Waals surface area contributed by atoms with Gasteiger partial charge in [0.15, 0.2) is 5.78 Å². The maximum atomic E-state index is 12.1. The summed E-state index contributed by atoms with van der Waals surface area (Å²) in [5.74, 6) is 0.256. The summed E-state index contributed by atoms with van der Waals surface area (Å²) in [6.07, 6.45) is 0. The number of ketones is 1. The molecule has 0 unspecified atom stereocenters. The van der Waals surface area contributed by atoms with Gasteiger partial charge in [-0.05, 0) is 18.2 Å². The number of amides is 1. The average molecular weight is 264 g/mol. The van der Waals surface area contributed by atoms with Crippen LogP contribution < -0.4 is 15.4 Å². The Morgan fingerprint density at radius 1 is 1.32 bits per heavy atom. The third-order valence-corrected chi connectivity index (χ3v) is 2.49. The molecule has 5 heteroatoms. The zero-order valence-electron chi connectivity index (χ0n) is 11.7. The summed E-state index contributed by atoms with van der Waals surface area (Å²) in [4.78, 5) is 23.1. The largest absolute Gasteiger partial charge is 0.496 e. The summed E-state index contributed by atoms with van der Waals surface area (Å²) >= 11 is 0. The Morgan fingerprint density at radius 2 is 2.00 bits per heavy atom. The van der Waals surface area contributed by atoms with Crippen LogP contribution in [0.25, 0.3) is 0 Å². The van der Waals surface area contributed by atoms with E-state index in [1.54, 1.807) is 18.2 Å². The van der Waals surface area contributed by atoms with Crippen molar-refractivity contribution in [3.8, 4) is 5.75 Å². The van der Waals surface area contributed by atoms with Gasteiger partial charge < -0.3 is 15.4 Å². The fourth-order valence-electron chi connectivity index (χ4n) is 1.60. The van der Waals surface area contributed by atoms with Crippen molar-refractivity contribution in [2.24, 2.45) is 0 Å². The molecule has 1 aromatic rings. The first-order chi connectivity index (χ1) is 8.93. The summed E-state index contributed by atoms with van der Waals surface area (Å²) in [5.41, 5.74) is 1.04. The van der Waals surface area contributed by atoms with Crippen LogP contribution in [0.3, 0.4) is 0 Å². The molecule has 104 valence electrons. The minimum absolute atomic E-state index is 0.0715. The molecule has 1 rings (SSSR count). The van der Waals surface area contributed by atoms with E-state index in [1.165, 1.54) is 14.0 Å². The molecule has 0 aliphatic rings. The second-order valence-electron chi connectivity index (χ2n) is 4.56. The highest BCUT2D eigenvalue weighted by Gasteiger charge is 2.13. The van der Waals surface area contributed by atoms with Gasteiger partial charge in [-0.25, -0.2) is 0 Å². The molecule has 0 saturated heterocycles. The van der Waals surface area contributed by atoms with E-state index in [0.29, 0.717) is 17.0 Å². The minimum atomic E-state index is -0.177. The molecule has 0 aromatic heterocycles. The van der Waals surface area contributed by atoms with Crippen LogP contribution in [0.4, 0.5) is 5.69 Å². The third kappa shape index (κ3) is 4.71. The SMILES string of the molecule is COc1ccc(NC(C)=O)cc1C(=O)CNC(C)C. The van der Waals surface area contributed by atoms with Gasteiger partial charge >= 0.3 is 0 Å². The lowest BCUT2D eigenvalue weighted by molar-refractivity contribution is -0.114. The van der Waals surface area contributed by atoms with E-state index in [1.807, 2.05) is 13.8 Å². The Balaban J connectivity index is 2.94. The molecular weight excluding hydrogens is 244 g/mol. The zero-order valence-corrected chi connectivity index (χ0v) is 11.7. The van der Waals surface area contributed by atoms with Gasteiger partial charge in [-0.15, -0.1) is 0 Å². The Hall–Kier alpha value is -1.88. The molecule has 1 amide bonds. The monoisotopic (exact) mass is 264 g/mol. The molecule has 19 heavy (non-hydrogen) atoms. The number of ether oxygens (including phenoxy) is 1. The fraction of sp³-hybridized carbons (Fsp3) is 0.429. The molecule has 5 nitrogen and oxygen atoms in total. The molecule has 2 N–H and O–H groups in total. The number of hydrogen-bond acceptors (Lipinski definition) is 4. The minimum Gasteiger partial charge on any atom is -0.496 e. The van der Waals surface area contributed by atoms with Crippen molar-refractivity contribution in [1.29, 1.82) is 0 Å². The molecule has 1 aromatic carbocycles. The molecular formula is C14H20N2O3. The predicted molar refractivity (Wildman–Crippen MR) is 74.8 cm³/mol. The first kappa shape index (κ1) is 15.2. The summed E-state index contributed by atoms with van der Waals surface area (Å²) in [6, 6.07) is 5.24. The summed E-state index contributed by atoms with van der Waals surface area (Å²) in [6.45, 7) is 5.60. The van der Waals surface area contributed by atoms with Crippen LogP contribution in [0.1, 0.15) is 31.1 Å². The van der Waals surface area contributed by atoms with Gasteiger partial charge in [0.25, 0.3) is 0 Å². The van der Waals surface area contributed by atoms with Crippen molar-refractivity contribution in [2.75, 3.05) is 19.0 Å². The van der Waals surface area contributed by atoms with Gasteiger partial charge in [-0.3, -0.25) is 9.59 Å². The second-order valence-corrected chi connectivity index (χ2v) is 4.56. The first-order valence-electron chi connectivity index (χ1n) is 6.16. The zero-order chi connectivity index (χ0) is 14.4. The summed E-state index contributed by atoms with van der Waals surface area (Å²) < 4.78 is 5.17. The lowest BCUT2D eigenvalue weighted by Gasteiger charge is -2.12. The van der Waals surface area contributed by atoms with Gasteiger partial charge in [0.2, 0.25) is 5.91 Å². The summed E-state index contributed by atoms with van der Waals surface area (Å²) in [7, 11) is 1.51. The van der Waals surface area contributed by atoms with Gasteiger partial charge in [0.1, 0.15) is 5.75 Å². The Bertz CT molecular complexity index is 470. The Kier molecular flexibility index (Phi) is 5.51. The van der Waals surface area contributed by atoms with E-state index in [2.05, 4.69) is 10.6 Å². The Labute approximate surface area is 113 Å². The number of benzene rings is 1. The highest BCUT2D eigenvalue weighted by Crippen LogP contribution is 2.23. The lowest BCUT2D eigenvalue weighted by atomic mass is 10.1. The summed E-state index contributed by atoms with van der Waals surface area (Å²) in [5, 5.41) is 5.71. The van der Waals surface area contributed by atoms with Crippen LogP contribution >= 0.6 is 0 Å². The number of methoxy groups -OCH3 is 1. The van der Waals surface area contributed by atoms with E-state index >= 15 is 0 Å². The molecule has 0 radical (unpaired) electrons. The highest BCUT2D eigenvalue weighted by molar-refractivity contribution is 6.01. The van der Waals surface area contributed by atoms with Crippen molar-refractivity contribution < 1.29 is 14.3 Å². The Morgan fingerprint density at radius 3 is 2.53 bits per heavy atom. The van der Waals surface area contributed by atoms with Crippen LogP contribution in [0.15, 0.2) is 18.2 Å². The lowest BCUT2D eigenvalue weighted by Crippen LogP contribution is -2.29. The van der Waals surface area contributed by atoms with Gasteiger partial charge in [0, 0.05) is 18.7 Å². The quantitative estimate of drug-likeness (QED) is 0.769. The highest BCUT2D eigenvalue weighted by atomic mass is 16.5. The van der Waals surface area contributed by atoms with E-state index in [0.717, 1.165) is 0 Å². The van der Waals surface area contributed by atoms with Crippen molar-refractivity contribution >= 4 is 17.4 Å². The molecule has 0 aliphatic carbocycles. The normalized spacial score (nSPS) is 10.4. The van der Waals surface area contributed by atoms with Crippen LogP contribution in [-0.2, 0) is 4.79 Å². The third-order valence-electron chi connectivity index (χ3n) is 2.49. The average Bonchev–Trinajstić information content (AvgIpc) is 2.35. The van der Waals surface area contributed by atoms with Crippen molar-refractivity contribution in [3.05, 3.63) is 23.8 Å². The molecule has 0 spiro atoms. The van der Waals surface area contributed by atoms with Crippen LogP contribution in [0.5, 0.6) is 5.75 Å². The number of rotatable bonds is 6. The van der Waals surface area contributed by atoms with E-state index < -0.39 is 0 Å². The maximum absolute atomic E-state index is 12.1. The predicted octanol–water partition coefficient (Wildman–Crippen LogP) is 1.83. The number of Topliss-reactive ketones (excluding diaryl/α,β-unsaturated/α-hetero) is 1.